The fraction of sp³-hybridized carbons (Fsp3) is 0.111. The van der Waals surface area contributed by atoms with Gasteiger partial charge in [0.05, 0.1) is 11.7 Å². The van der Waals surface area contributed by atoms with Crippen molar-refractivity contribution in [3.05, 3.63) is 29.7 Å². The highest BCUT2D eigenvalue weighted by Crippen LogP contribution is 2.20. The van der Waals surface area contributed by atoms with Gasteiger partial charge in [-0.3, -0.25) is 9.89 Å². The Bertz CT molecular complexity index is 467. The van der Waals surface area contributed by atoms with Crippen LogP contribution in [-0.2, 0) is 16.1 Å². The van der Waals surface area contributed by atoms with E-state index in [9.17, 15) is 9.18 Å². The highest BCUT2D eigenvalue weighted by Gasteiger charge is 2.08. The molecule has 1 aromatic carbocycles. The molecular weight excluding hydrogens is 187 g/mol. The number of aromatic amines is 1. The molecule has 0 radical (unpaired) electrons. The molecule has 2 aromatic rings. The van der Waals surface area contributed by atoms with Gasteiger partial charge in [0, 0.05) is 10.9 Å². The van der Waals surface area contributed by atoms with E-state index in [1.54, 1.807) is 6.07 Å². The van der Waals surface area contributed by atoms with E-state index < -0.39 is 5.82 Å². The number of halogens is 1. The Balaban J connectivity index is 2.52. The summed E-state index contributed by atoms with van der Waals surface area (Å²) in [6, 6.07) is 2.89. The van der Waals surface area contributed by atoms with Gasteiger partial charge in [0.25, 0.3) is 6.47 Å². The first-order valence-corrected chi connectivity index (χ1v) is 3.98. The molecule has 0 saturated carbocycles. The SMILES string of the molecule is O=COCc1c(F)ccc2[nH]ncc12. The third kappa shape index (κ3) is 1.32. The topological polar surface area (TPSA) is 55.0 Å². The van der Waals surface area contributed by atoms with Crippen molar-refractivity contribution in [1.82, 2.24) is 10.2 Å². The van der Waals surface area contributed by atoms with Crippen molar-refractivity contribution in [1.29, 1.82) is 0 Å². The van der Waals surface area contributed by atoms with E-state index in [2.05, 4.69) is 14.9 Å². The molecule has 0 aliphatic heterocycles. The van der Waals surface area contributed by atoms with Gasteiger partial charge < -0.3 is 4.74 Å². The van der Waals surface area contributed by atoms with Crippen LogP contribution in [0.1, 0.15) is 5.56 Å². The molecule has 0 atom stereocenters. The summed E-state index contributed by atoms with van der Waals surface area (Å²) in [6.45, 7) is 0.213. The van der Waals surface area contributed by atoms with Crippen LogP contribution in [-0.4, -0.2) is 16.7 Å². The van der Waals surface area contributed by atoms with Crippen LogP contribution in [0.2, 0.25) is 0 Å². The van der Waals surface area contributed by atoms with Gasteiger partial charge in [0.1, 0.15) is 12.4 Å². The number of hydrogen-bond donors (Lipinski definition) is 1. The van der Waals surface area contributed by atoms with Crippen LogP contribution in [0.3, 0.4) is 0 Å². The number of carbonyl (C=O) groups excluding carboxylic acids is 1. The fourth-order valence-corrected chi connectivity index (χ4v) is 1.31. The minimum absolute atomic E-state index is 0.0772. The molecule has 0 aliphatic carbocycles. The summed E-state index contributed by atoms with van der Waals surface area (Å²) in [6.07, 6.45) is 1.50. The van der Waals surface area contributed by atoms with Gasteiger partial charge in [0.15, 0.2) is 0 Å². The summed E-state index contributed by atoms with van der Waals surface area (Å²) in [5.74, 6) is -0.402. The first-order chi connectivity index (χ1) is 6.83. The van der Waals surface area contributed by atoms with E-state index >= 15 is 0 Å². The minimum Gasteiger partial charge on any atom is -0.463 e. The average molecular weight is 194 g/mol. The number of carbonyl (C=O) groups is 1. The summed E-state index contributed by atoms with van der Waals surface area (Å²) in [7, 11) is 0. The first-order valence-electron chi connectivity index (χ1n) is 3.98. The van der Waals surface area contributed by atoms with Crippen LogP contribution in [0.5, 0.6) is 0 Å². The Morgan fingerprint density at radius 1 is 1.57 bits per heavy atom. The number of nitrogens with zero attached hydrogens (tertiary/aromatic N) is 1. The molecular formula is C9H7FN2O2. The maximum atomic E-state index is 13.3. The predicted molar refractivity (Wildman–Crippen MR) is 46.9 cm³/mol. The largest absolute Gasteiger partial charge is 0.463 e. The lowest BCUT2D eigenvalue weighted by Crippen LogP contribution is -1.94. The third-order valence-electron chi connectivity index (χ3n) is 1.97. The minimum atomic E-state index is -0.402. The zero-order chi connectivity index (χ0) is 9.97. The van der Waals surface area contributed by atoms with Gasteiger partial charge in [-0.2, -0.15) is 5.10 Å². The van der Waals surface area contributed by atoms with Gasteiger partial charge in [-0.25, -0.2) is 4.39 Å². The third-order valence-corrected chi connectivity index (χ3v) is 1.97. The molecule has 0 unspecified atom stereocenters. The number of H-pyrrole nitrogens is 1. The average Bonchev–Trinajstić information content (AvgIpc) is 2.64. The van der Waals surface area contributed by atoms with Crippen molar-refractivity contribution in [3.63, 3.8) is 0 Å². The van der Waals surface area contributed by atoms with Gasteiger partial charge in [-0.15, -0.1) is 0 Å². The Labute approximate surface area is 78.7 Å². The highest BCUT2D eigenvalue weighted by molar-refractivity contribution is 5.81. The number of aromatic nitrogens is 2. The Morgan fingerprint density at radius 2 is 2.43 bits per heavy atom. The van der Waals surface area contributed by atoms with Crippen LogP contribution in [0.4, 0.5) is 4.39 Å². The van der Waals surface area contributed by atoms with Crippen LogP contribution < -0.4 is 0 Å². The van der Waals surface area contributed by atoms with Gasteiger partial charge >= 0.3 is 0 Å². The Hall–Kier alpha value is -1.91. The van der Waals surface area contributed by atoms with Crippen molar-refractivity contribution < 1.29 is 13.9 Å². The molecule has 0 amide bonds. The molecule has 1 heterocycles. The standard InChI is InChI=1S/C9H7FN2O2/c10-8-1-2-9-6(3-11-12-9)7(8)4-14-5-13/h1-3,5H,4H2,(H,11,12). The lowest BCUT2D eigenvalue weighted by molar-refractivity contribution is -0.129. The second kappa shape index (κ2) is 3.45. The number of ether oxygens (including phenoxy) is 1. The van der Waals surface area contributed by atoms with Crippen LogP contribution in [0, 0.1) is 5.82 Å². The molecule has 72 valence electrons. The Morgan fingerprint density at radius 3 is 3.21 bits per heavy atom. The molecule has 4 nitrogen and oxygen atoms in total. The number of nitrogens with one attached hydrogen (secondary N) is 1. The van der Waals surface area contributed by atoms with Crippen LogP contribution >= 0.6 is 0 Å². The molecule has 2 rings (SSSR count). The molecule has 0 spiro atoms. The van der Waals surface area contributed by atoms with Crippen molar-refractivity contribution in [3.8, 4) is 0 Å². The predicted octanol–water partition coefficient (Wildman–Crippen LogP) is 1.37. The van der Waals surface area contributed by atoms with Crippen LogP contribution in [0.25, 0.3) is 10.9 Å². The maximum Gasteiger partial charge on any atom is 0.293 e. The Kier molecular flexibility index (Phi) is 2.14. The molecule has 14 heavy (non-hydrogen) atoms. The maximum absolute atomic E-state index is 13.3. The van der Waals surface area contributed by atoms with E-state index in [4.69, 9.17) is 0 Å². The van der Waals surface area contributed by atoms with Gasteiger partial charge in [0.2, 0.25) is 0 Å². The summed E-state index contributed by atoms with van der Waals surface area (Å²) in [5.41, 5.74) is 1.05. The van der Waals surface area contributed by atoms with Gasteiger partial charge in [-0.1, -0.05) is 0 Å². The van der Waals surface area contributed by atoms with E-state index in [0.717, 1.165) is 5.52 Å². The number of benzene rings is 1. The van der Waals surface area contributed by atoms with E-state index in [1.165, 1.54) is 12.3 Å². The van der Waals surface area contributed by atoms with E-state index in [0.29, 0.717) is 17.4 Å². The molecule has 0 aliphatic rings. The normalized spacial score (nSPS) is 10.4. The van der Waals surface area contributed by atoms with Crippen molar-refractivity contribution in [2.45, 2.75) is 6.61 Å². The van der Waals surface area contributed by atoms with Gasteiger partial charge in [-0.05, 0) is 12.1 Å². The molecule has 0 fully saturated rings. The van der Waals surface area contributed by atoms with Crippen molar-refractivity contribution in [2.24, 2.45) is 0 Å². The summed E-state index contributed by atoms with van der Waals surface area (Å²) < 4.78 is 17.8. The summed E-state index contributed by atoms with van der Waals surface area (Å²) in [4.78, 5) is 10.00. The lowest BCUT2D eigenvalue weighted by Gasteiger charge is -2.02. The molecule has 1 N–H and O–H groups in total. The van der Waals surface area contributed by atoms with Crippen molar-refractivity contribution in [2.75, 3.05) is 0 Å². The smallest absolute Gasteiger partial charge is 0.293 e. The molecule has 5 heteroatoms. The van der Waals surface area contributed by atoms with Crippen molar-refractivity contribution >= 4 is 17.4 Å². The molecule has 1 aromatic heterocycles. The summed E-state index contributed by atoms with van der Waals surface area (Å²) in [5, 5.41) is 7.11. The zero-order valence-corrected chi connectivity index (χ0v) is 7.16. The number of hydrogen-bond acceptors (Lipinski definition) is 3. The van der Waals surface area contributed by atoms with E-state index in [-0.39, 0.29) is 6.61 Å². The lowest BCUT2D eigenvalue weighted by atomic mass is 10.1. The summed E-state index contributed by atoms with van der Waals surface area (Å²) >= 11 is 0. The quantitative estimate of drug-likeness (QED) is 0.751. The second-order valence-corrected chi connectivity index (χ2v) is 2.76. The number of rotatable bonds is 3. The first kappa shape index (κ1) is 8.68. The molecule has 0 bridgehead atoms. The monoisotopic (exact) mass is 194 g/mol. The number of fused-ring (bicyclic) bond motifs is 1. The molecule has 0 saturated heterocycles. The second-order valence-electron chi connectivity index (χ2n) is 2.76. The van der Waals surface area contributed by atoms with E-state index in [1.807, 2.05) is 0 Å². The zero-order valence-electron chi connectivity index (χ0n) is 7.16. The fourth-order valence-electron chi connectivity index (χ4n) is 1.31. The van der Waals surface area contributed by atoms with Crippen LogP contribution in [0.15, 0.2) is 18.3 Å². The highest BCUT2D eigenvalue weighted by atomic mass is 19.1.